The first-order valence-electron chi connectivity index (χ1n) is 11.6. The van der Waals surface area contributed by atoms with Crippen LogP contribution in [-0.4, -0.2) is 25.9 Å². The molecule has 0 bridgehead atoms. The van der Waals surface area contributed by atoms with Gasteiger partial charge in [-0.1, -0.05) is 30.7 Å². The van der Waals surface area contributed by atoms with E-state index in [0.29, 0.717) is 35.3 Å². The van der Waals surface area contributed by atoms with Crippen LogP contribution in [0, 0.1) is 12.8 Å². The highest BCUT2D eigenvalue weighted by molar-refractivity contribution is 7.92. The molecule has 0 aliphatic heterocycles. The molecule has 0 radical (unpaired) electrons. The van der Waals surface area contributed by atoms with Crippen LogP contribution in [0.25, 0.3) is 0 Å². The molecule has 2 aromatic rings. The van der Waals surface area contributed by atoms with Crippen LogP contribution >= 0.6 is 0 Å². The Labute approximate surface area is 186 Å². The average Bonchev–Trinajstić information content (AvgIpc) is 2.77. The highest BCUT2D eigenvalue weighted by Gasteiger charge is 2.35. The molecular formula is C26H34O4S. The Balaban J connectivity index is 1.43. The molecule has 168 valence electrons. The number of benzene rings is 2. The smallest absolute Gasteiger partial charge is 0.181 e. The van der Waals surface area contributed by atoms with E-state index in [-0.39, 0.29) is 11.4 Å². The second kappa shape index (κ2) is 9.74. The third-order valence-corrected chi connectivity index (χ3v) is 8.97. The van der Waals surface area contributed by atoms with Gasteiger partial charge in [0.25, 0.3) is 0 Å². The van der Waals surface area contributed by atoms with Crippen molar-refractivity contribution in [3.8, 4) is 11.5 Å². The van der Waals surface area contributed by atoms with Crippen molar-refractivity contribution in [1.82, 2.24) is 0 Å². The fraction of sp³-hybridized carbons (Fsp3) is 0.538. The second-order valence-corrected chi connectivity index (χ2v) is 11.6. The predicted octanol–water partition coefficient (Wildman–Crippen LogP) is 6.47. The lowest BCUT2D eigenvalue weighted by Gasteiger charge is -2.34. The van der Waals surface area contributed by atoms with E-state index in [0.717, 1.165) is 37.2 Å². The van der Waals surface area contributed by atoms with Crippen molar-refractivity contribution in [2.24, 2.45) is 5.92 Å². The quantitative estimate of drug-likeness (QED) is 0.515. The monoisotopic (exact) mass is 442 g/mol. The van der Waals surface area contributed by atoms with E-state index in [1.807, 2.05) is 31.2 Å². The summed E-state index contributed by atoms with van der Waals surface area (Å²) in [5.74, 6) is 2.03. The van der Waals surface area contributed by atoms with Crippen molar-refractivity contribution >= 4 is 9.84 Å². The van der Waals surface area contributed by atoms with Crippen molar-refractivity contribution < 1.29 is 17.9 Å². The zero-order chi connectivity index (χ0) is 21.8. The number of hydrogen-bond donors (Lipinski definition) is 0. The van der Waals surface area contributed by atoms with Gasteiger partial charge in [0.1, 0.15) is 11.5 Å². The molecule has 2 saturated carbocycles. The lowest BCUT2D eigenvalue weighted by atomic mass is 9.88. The fourth-order valence-corrected chi connectivity index (χ4v) is 6.67. The molecule has 31 heavy (non-hydrogen) atoms. The second-order valence-electron chi connectivity index (χ2n) is 9.36. The maximum atomic E-state index is 13.4. The summed E-state index contributed by atoms with van der Waals surface area (Å²) in [6.07, 6.45) is 8.16. The topological polar surface area (TPSA) is 52.6 Å². The van der Waals surface area contributed by atoms with Crippen LogP contribution in [0.1, 0.15) is 63.9 Å². The van der Waals surface area contributed by atoms with Crippen molar-refractivity contribution in [3.05, 3.63) is 54.1 Å². The third-order valence-electron chi connectivity index (χ3n) is 6.76. The minimum Gasteiger partial charge on any atom is -0.457 e. The molecule has 2 atom stereocenters. The van der Waals surface area contributed by atoms with Gasteiger partial charge in [0.05, 0.1) is 22.4 Å². The van der Waals surface area contributed by atoms with E-state index in [1.165, 1.54) is 12.8 Å². The lowest BCUT2D eigenvalue weighted by Crippen LogP contribution is -2.35. The molecule has 5 heteroatoms. The molecule has 2 aliphatic carbocycles. The molecule has 2 fully saturated rings. The number of aryl methyl sites for hydroxylation is 1. The van der Waals surface area contributed by atoms with E-state index in [4.69, 9.17) is 9.47 Å². The molecule has 4 nitrogen and oxygen atoms in total. The third kappa shape index (κ3) is 5.69. The van der Waals surface area contributed by atoms with E-state index in [1.54, 1.807) is 24.3 Å². The van der Waals surface area contributed by atoms with E-state index in [2.05, 4.69) is 6.92 Å². The molecule has 4 rings (SSSR count). The first-order chi connectivity index (χ1) is 14.9. The van der Waals surface area contributed by atoms with Crippen LogP contribution in [0.15, 0.2) is 53.4 Å². The largest absolute Gasteiger partial charge is 0.457 e. The van der Waals surface area contributed by atoms with Gasteiger partial charge < -0.3 is 9.47 Å². The van der Waals surface area contributed by atoms with Gasteiger partial charge in [0, 0.05) is 0 Å². The molecule has 2 unspecified atom stereocenters. The van der Waals surface area contributed by atoms with Crippen molar-refractivity contribution in [2.75, 3.05) is 0 Å². The molecule has 0 amide bonds. The molecule has 2 aliphatic rings. The first-order valence-corrected chi connectivity index (χ1v) is 13.2. The molecule has 0 heterocycles. The summed E-state index contributed by atoms with van der Waals surface area (Å²) >= 11 is 0. The molecular weight excluding hydrogens is 408 g/mol. The Kier molecular flexibility index (Phi) is 7.02. The maximum Gasteiger partial charge on any atom is 0.181 e. The van der Waals surface area contributed by atoms with Crippen LogP contribution < -0.4 is 4.74 Å². The van der Waals surface area contributed by atoms with Gasteiger partial charge >= 0.3 is 0 Å². The van der Waals surface area contributed by atoms with Crippen molar-refractivity contribution in [2.45, 2.75) is 87.6 Å². The van der Waals surface area contributed by atoms with Crippen molar-refractivity contribution in [1.29, 1.82) is 0 Å². The Morgan fingerprint density at radius 3 is 2.32 bits per heavy atom. The van der Waals surface area contributed by atoms with E-state index >= 15 is 0 Å². The standard InChI is InChI=1S/C26H34O4S/c1-19-9-13-21(14-10-19)29-23-5-3-7-25(17-23)31(27,28)26-8-4-6-24(18-26)30-22-15-11-20(2)12-16-22/h3,5,7,9-10,13-14,17,20,22,24,26H,4,6,8,11-12,15-16,18H2,1-2H3. The lowest BCUT2D eigenvalue weighted by molar-refractivity contribution is -0.0493. The summed E-state index contributed by atoms with van der Waals surface area (Å²) in [4.78, 5) is 0.342. The van der Waals surface area contributed by atoms with Crippen LogP contribution in [0.5, 0.6) is 11.5 Å². The molecule has 2 aromatic carbocycles. The zero-order valence-corrected chi connectivity index (χ0v) is 19.4. The fourth-order valence-electron chi connectivity index (χ4n) is 4.79. The van der Waals surface area contributed by atoms with Gasteiger partial charge in [-0.05, 0) is 94.5 Å². The summed E-state index contributed by atoms with van der Waals surface area (Å²) in [6.45, 7) is 4.32. The molecule has 0 N–H and O–H groups in total. The van der Waals surface area contributed by atoms with Gasteiger partial charge in [0.15, 0.2) is 9.84 Å². The van der Waals surface area contributed by atoms with Gasteiger partial charge in [-0.15, -0.1) is 0 Å². The summed E-state index contributed by atoms with van der Waals surface area (Å²) < 4.78 is 39.1. The van der Waals surface area contributed by atoms with Gasteiger partial charge in [0.2, 0.25) is 0 Å². The van der Waals surface area contributed by atoms with Crippen molar-refractivity contribution in [3.63, 3.8) is 0 Å². The molecule has 0 saturated heterocycles. The maximum absolute atomic E-state index is 13.4. The number of hydrogen-bond acceptors (Lipinski definition) is 4. The number of ether oxygens (including phenoxy) is 2. The Morgan fingerprint density at radius 2 is 1.58 bits per heavy atom. The Hall–Kier alpha value is -1.85. The summed E-state index contributed by atoms with van der Waals surface area (Å²) in [5.41, 5.74) is 1.15. The number of sulfone groups is 1. The van der Waals surface area contributed by atoms with E-state index < -0.39 is 9.84 Å². The molecule has 0 spiro atoms. The van der Waals surface area contributed by atoms with Gasteiger partial charge in [-0.25, -0.2) is 8.42 Å². The Bertz CT molecular complexity index is 959. The van der Waals surface area contributed by atoms with Crippen LogP contribution in [0.2, 0.25) is 0 Å². The Morgan fingerprint density at radius 1 is 0.839 bits per heavy atom. The minimum atomic E-state index is -3.43. The summed E-state index contributed by atoms with van der Waals surface area (Å²) in [6, 6.07) is 14.6. The average molecular weight is 443 g/mol. The SMILES string of the molecule is Cc1ccc(Oc2cccc(S(=O)(=O)C3CCCC(OC4CCC(C)CC4)C3)c2)cc1. The summed E-state index contributed by atoms with van der Waals surface area (Å²) in [5, 5.41) is -0.386. The zero-order valence-electron chi connectivity index (χ0n) is 18.6. The van der Waals surface area contributed by atoms with Gasteiger partial charge in [-0.2, -0.15) is 0 Å². The normalized spacial score (nSPS) is 27.0. The summed E-state index contributed by atoms with van der Waals surface area (Å²) in [7, 11) is -3.43. The number of rotatable bonds is 6. The van der Waals surface area contributed by atoms with Crippen LogP contribution in [-0.2, 0) is 14.6 Å². The highest BCUT2D eigenvalue weighted by atomic mass is 32.2. The predicted molar refractivity (Wildman–Crippen MR) is 123 cm³/mol. The van der Waals surface area contributed by atoms with Crippen LogP contribution in [0.3, 0.4) is 0 Å². The van der Waals surface area contributed by atoms with Gasteiger partial charge in [-0.3, -0.25) is 0 Å². The molecule has 0 aromatic heterocycles. The minimum absolute atomic E-state index is 0.0546. The van der Waals surface area contributed by atoms with Crippen LogP contribution in [0.4, 0.5) is 0 Å². The highest BCUT2D eigenvalue weighted by Crippen LogP contribution is 2.34. The van der Waals surface area contributed by atoms with E-state index in [9.17, 15) is 8.42 Å². The first kappa shape index (κ1) is 22.3.